The molecular weight excluding hydrogens is 462 g/mol. The first kappa shape index (κ1) is 23.7. The van der Waals surface area contributed by atoms with Gasteiger partial charge in [0.15, 0.2) is 0 Å². The molecule has 0 bridgehead atoms. The minimum absolute atomic E-state index is 0.00976. The van der Waals surface area contributed by atoms with Gasteiger partial charge in [0, 0.05) is 36.4 Å². The minimum atomic E-state index is -5.08. The summed E-state index contributed by atoms with van der Waals surface area (Å²) in [4.78, 5) is 35.2. The van der Waals surface area contributed by atoms with Gasteiger partial charge in [-0.15, -0.1) is 0 Å². The fourth-order valence-electron chi connectivity index (χ4n) is 4.54. The number of pyridine rings is 1. The maximum atomic E-state index is 15.2. The molecule has 1 aromatic carbocycles. The largest absolute Gasteiger partial charge is 0.490 e. The second-order valence-corrected chi connectivity index (χ2v) is 8.58. The van der Waals surface area contributed by atoms with Crippen molar-refractivity contribution in [2.24, 2.45) is 5.73 Å². The van der Waals surface area contributed by atoms with E-state index < -0.39 is 29.4 Å². The summed E-state index contributed by atoms with van der Waals surface area (Å²) in [5.41, 5.74) is 6.93. The number of anilines is 1. The molecule has 2 atom stereocenters. The zero-order valence-electron chi connectivity index (χ0n) is 17.7. The molecule has 8 nitrogen and oxygen atoms in total. The van der Waals surface area contributed by atoms with E-state index in [1.165, 1.54) is 12.3 Å². The highest BCUT2D eigenvalue weighted by molar-refractivity contribution is 5.98. The van der Waals surface area contributed by atoms with Crippen LogP contribution in [-0.4, -0.2) is 51.5 Å². The minimum Gasteiger partial charge on any atom is -0.477 e. The number of carboxylic acid groups (broad SMARTS) is 2. The van der Waals surface area contributed by atoms with Crippen LogP contribution in [0.4, 0.5) is 23.2 Å². The molecule has 0 radical (unpaired) electrons. The van der Waals surface area contributed by atoms with Gasteiger partial charge in [-0.2, -0.15) is 13.2 Å². The second-order valence-electron chi connectivity index (χ2n) is 8.58. The first-order valence-corrected chi connectivity index (χ1v) is 10.5. The molecule has 1 aromatic heterocycles. The number of nitrogens with two attached hydrogens (primary N) is 1. The molecule has 0 amide bonds. The Hall–Kier alpha value is -3.41. The number of aromatic nitrogens is 1. The second kappa shape index (κ2) is 8.42. The van der Waals surface area contributed by atoms with Gasteiger partial charge in [0.1, 0.15) is 11.4 Å². The van der Waals surface area contributed by atoms with Crippen molar-refractivity contribution < 1.29 is 37.4 Å². The molecule has 182 valence electrons. The fraction of sp³-hybridized carbons (Fsp3) is 0.409. The van der Waals surface area contributed by atoms with Crippen LogP contribution in [0.1, 0.15) is 47.6 Å². The summed E-state index contributed by atoms with van der Waals surface area (Å²) in [6.07, 6.45) is 3.64. The van der Waals surface area contributed by atoms with Crippen molar-refractivity contribution >= 4 is 34.6 Å². The molecule has 12 heteroatoms. The summed E-state index contributed by atoms with van der Waals surface area (Å²) in [5.74, 6) is -4.54. The van der Waals surface area contributed by atoms with Gasteiger partial charge in [-0.25, -0.2) is 14.0 Å². The van der Waals surface area contributed by atoms with Crippen molar-refractivity contribution in [2.75, 3.05) is 11.4 Å². The first-order chi connectivity index (χ1) is 15.9. The van der Waals surface area contributed by atoms with Crippen molar-refractivity contribution in [3.63, 3.8) is 0 Å². The fourth-order valence-corrected chi connectivity index (χ4v) is 4.54. The van der Waals surface area contributed by atoms with Crippen LogP contribution in [0.3, 0.4) is 0 Å². The van der Waals surface area contributed by atoms with Crippen LogP contribution < -0.4 is 16.1 Å². The lowest BCUT2D eigenvalue weighted by molar-refractivity contribution is -0.192. The number of rotatable bonds is 2. The molecule has 1 saturated heterocycles. The quantitative estimate of drug-likeness (QED) is 0.561. The summed E-state index contributed by atoms with van der Waals surface area (Å²) in [5, 5.41) is 16.7. The number of aromatic carboxylic acids is 1. The van der Waals surface area contributed by atoms with E-state index in [0.29, 0.717) is 23.3 Å². The van der Waals surface area contributed by atoms with Crippen LogP contribution in [0.15, 0.2) is 23.1 Å². The Balaban J connectivity index is 0.000000344. The van der Waals surface area contributed by atoms with E-state index in [1.807, 2.05) is 21.6 Å². The Bertz CT molecular complexity index is 1270. The third-order valence-corrected chi connectivity index (χ3v) is 6.12. The normalized spacial score (nSPS) is 21.4. The number of aliphatic carboxylic acids is 1. The van der Waals surface area contributed by atoms with Crippen molar-refractivity contribution in [1.82, 2.24) is 4.57 Å². The number of hydrogen-bond acceptors (Lipinski definition) is 5. The standard InChI is InChI=1S/C20H20FN3O3.C2HF3O2/c21-16-7-14-17(24(11-4-5-11)9-15(19(14)25)20(26)27)13-3-1-2-12-6-10(22)8-23(12)18(13)16;3-2(4,5)1(6)7/h1,3,7,9-12H,2,4-6,8,22H2,(H,26,27);(H,6,7)/t10-,12-;/m0./s1. The Morgan fingerprint density at radius 2 is 1.79 bits per heavy atom. The maximum absolute atomic E-state index is 15.2. The van der Waals surface area contributed by atoms with Gasteiger partial charge in [0.25, 0.3) is 0 Å². The number of benzene rings is 1. The van der Waals surface area contributed by atoms with E-state index in [0.717, 1.165) is 25.7 Å². The summed E-state index contributed by atoms with van der Waals surface area (Å²) in [7, 11) is 0. The lowest BCUT2D eigenvalue weighted by Gasteiger charge is -2.27. The van der Waals surface area contributed by atoms with E-state index >= 15 is 4.39 Å². The van der Waals surface area contributed by atoms with Gasteiger partial charge < -0.3 is 25.4 Å². The summed E-state index contributed by atoms with van der Waals surface area (Å²) >= 11 is 0. The SMILES string of the molecule is N[C@H]1C[C@@H]2CC=Cc3c(c(F)cc4c(=O)c(C(=O)O)cn(C5CC5)c34)N2C1.O=C(O)C(F)(F)F. The molecule has 5 rings (SSSR count). The molecule has 1 aliphatic carbocycles. The molecule has 2 aliphatic heterocycles. The third-order valence-electron chi connectivity index (χ3n) is 6.12. The summed E-state index contributed by atoms with van der Waals surface area (Å²) in [6, 6.07) is 1.49. The van der Waals surface area contributed by atoms with E-state index in [9.17, 15) is 27.9 Å². The van der Waals surface area contributed by atoms with Crippen LogP contribution in [0.25, 0.3) is 17.0 Å². The number of alkyl halides is 3. The Morgan fingerprint density at radius 1 is 1.15 bits per heavy atom. The zero-order chi connectivity index (χ0) is 24.9. The highest BCUT2D eigenvalue weighted by atomic mass is 19.4. The van der Waals surface area contributed by atoms with Gasteiger partial charge in [0.05, 0.1) is 16.6 Å². The number of nitrogens with zero attached hydrogens (tertiary/aromatic N) is 2. The topological polar surface area (TPSA) is 126 Å². The molecular formula is C22H21F4N3O5. The molecule has 34 heavy (non-hydrogen) atoms. The lowest BCUT2D eigenvalue weighted by Crippen LogP contribution is -2.31. The van der Waals surface area contributed by atoms with Gasteiger partial charge in [0.2, 0.25) is 5.43 Å². The lowest BCUT2D eigenvalue weighted by atomic mass is 10.0. The first-order valence-electron chi connectivity index (χ1n) is 10.5. The Morgan fingerprint density at radius 3 is 2.35 bits per heavy atom. The van der Waals surface area contributed by atoms with Crippen molar-refractivity contribution in [1.29, 1.82) is 0 Å². The van der Waals surface area contributed by atoms with E-state index in [1.54, 1.807) is 0 Å². The predicted octanol–water partition coefficient (Wildman–Crippen LogP) is 3.13. The van der Waals surface area contributed by atoms with Crippen LogP contribution >= 0.6 is 0 Å². The number of halogens is 4. The Kier molecular flexibility index (Phi) is 5.88. The number of carbonyl (C=O) groups is 2. The zero-order valence-corrected chi connectivity index (χ0v) is 17.7. The highest BCUT2D eigenvalue weighted by Crippen LogP contribution is 2.43. The van der Waals surface area contributed by atoms with Crippen LogP contribution in [0.5, 0.6) is 0 Å². The molecule has 0 spiro atoms. The van der Waals surface area contributed by atoms with Gasteiger partial charge in [-0.1, -0.05) is 12.2 Å². The van der Waals surface area contributed by atoms with Crippen LogP contribution in [-0.2, 0) is 4.79 Å². The Labute approximate surface area is 189 Å². The average molecular weight is 483 g/mol. The van der Waals surface area contributed by atoms with Crippen LogP contribution in [0, 0.1) is 5.82 Å². The van der Waals surface area contributed by atoms with Crippen LogP contribution in [0.2, 0.25) is 0 Å². The molecule has 2 aromatic rings. The predicted molar refractivity (Wildman–Crippen MR) is 114 cm³/mol. The summed E-state index contributed by atoms with van der Waals surface area (Å²) < 4.78 is 48.8. The average Bonchev–Trinajstić information content (AvgIpc) is 3.53. The number of fused-ring (bicyclic) bond motifs is 5. The molecule has 3 aliphatic rings. The molecule has 4 N–H and O–H groups in total. The maximum Gasteiger partial charge on any atom is 0.490 e. The van der Waals surface area contributed by atoms with Gasteiger partial charge in [-0.3, -0.25) is 4.79 Å². The number of hydrogen-bond donors (Lipinski definition) is 3. The van der Waals surface area contributed by atoms with Crippen molar-refractivity contribution in [2.45, 2.75) is 50.0 Å². The summed E-state index contributed by atoms with van der Waals surface area (Å²) in [6.45, 7) is 0.572. The molecule has 1 saturated carbocycles. The van der Waals surface area contributed by atoms with Crippen molar-refractivity contribution in [3.05, 3.63) is 45.5 Å². The smallest absolute Gasteiger partial charge is 0.477 e. The van der Waals surface area contributed by atoms with Gasteiger partial charge in [-0.05, 0) is 31.7 Å². The third kappa shape index (κ3) is 4.25. The van der Waals surface area contributed by atoms with Crippen molar-refractivity contribution in [3.8, 4) is 0 Å². The van der Waals surface area contributed by atoms with E-state index in [-0.39, 0.29) is 29.1 Å². The monoisotopic (exact) mass is 483 g/mol. The highest BCUT2D eigenvalue weighted by Gasteiger charge is 2.38. The van der Waals surface area contributed by atoms with E-state index in [4.69, 9.17) is 15.6 Å². The van der Waals surface area contributed by atoms with E-state index in [2.05, 4.69) is 0 Å². The molecule has 0 unspecified atom stereocenters. The number of carboxylic acids is 2. The molecule has 3 heterocycles. The molecule has 2 fully saturated rings. The van der Waals surface area contributed by atoms with Gasteiger partial charge >= 0.3 is 18.1 Å².